The summed E-state index contributed by atoms with van der Waals surface area (Å²) in [5.74, 6) is 0.754. The Morgan fingerprint density at radius 2 is 2.06 bits per heavy atom. The Morgan fingerprint density at radius 3 is 2.50 bits per heavy atom. The molecule has 1 atom stereocenters. The summed E-state index contributed by atoms with van der Waals surface area (Å²) in [6, 6.07) is 2.30. The lowest BCUT2D eigenvalue weighted by atomic mass is 10.0. The van der Waals surface area contributed by atoms with E-state index in [-0.39, 0.29) is 5.78 Å². The van der Waals surface area contributed by atoms with E-state index in [9.17, 15) is 4.79 Å². The maximum absolute atomic E-state index is 11.9. The zero-order valence-electron chi connectivity index (χ0n) is 10.9. The highest BCUT2D eigenvalue weighted by atomic mass is 16.1. The Kier molecular flexibility index (Phi) is 4.30. The Balaban J connectivity index is 2.58. The molecule has 0 amide bonds. The average Bonchev–Trinajstić information content (AvgIpc) is 2.63. The number of hydrogen-bond donors (Lipinski definition) is 0. The van der Waals surface area contributed by atoms with Gasteiger partial charge in [-0.15, -0.1) is 0 Å². The second-order valence-electron chi connectivity index (χ2n) is 4.89. The molecule has 1 aromatic rings. The zero-order valence-corrected chi connectivity index (χ0v) is 10.9. The van der Waals surface area contributed by atoms with Gasteiger partial charge in [0.2, 0.25) is 0 Å². The number of carbonyl (C=O) groups excluding carboxylic acids is 1. The normalized spacial score (nSPS) is 13.4. The van der Waals surface area contributed by atoms with Gasteiger partial charge in [-0.25, -0.2) is 0 Å². The number of Topliss-reactive ketones (excluding diaryl/α,β-unsaturated/α-hetero) is 1. The van der Waals surface area contributed by atoms with Crippen molar-refractivity contribution in [3.8, 4) is 0 Å². The van der Waals surface area contributed by atoms with Crippen LogP contribution in [0.1, 0.15) is 31.1 Å². The van der Waals surface area contributed by atoms with E-state index < -0.39 is 0 Å². The number of carbonyl (C=O) groups is 1. The molecule has 0 fully saturated rings. The number of likely N-dealkylation sites (N-methyl/N-ethyl adjacent to an activating group) is 1. The maximum Gasteiger partial charge on any atom is 0.178 e. The molecule has 0 saturated carbocycles. The molecule has 3 nitrogen and oxygen atoms in total. The molecule has 0 aliphatic rings. The van der Waals surface area contributed by atoms with Gasteiger partial charge in [0.25, 0.3) is 0 Å². The minimum atomic E-state index is 0.190. The topological polar surface area (TPSA) is 25.2 Å². The lowest BCUT2D eigenvalue weighted by Crippen LogP contribution is -2.37. The van der Waals surface area contributed by atoms with Crippen molar-refractivity contribution in [2.75, 3.05) is 13.6 Å². The van der Waals surface area contributed by atoms with Gasteiger partial charge in [-0.2, -0.15) is 0 Å². The third-order valence-corrected chi connectivity index (χ3v) is 3.21. The highest BCUT2D eigenvalue weighted by molar-refractivity contribution is 5.97. The van der Waals surface area contributed by atoms with E-state index in [0.717, 1.165) is 5.56 Å². The summed E-state index contributed by atoms with van der Waals surface area (Å²) in [4.78, 5) is 14.1. The highest BCUT2D eigenvalue weighted by Crippen LogP contribution is 2.09. The fourth-order valence-electron chi connectivity index (χ4n) is 1.64. The summed E-state index contributed by atoms with van der Waals surface area (Å²) in [6.45, 7) is 6.99. The summed E-state index contributed by atoms with van der Waals surface area (Å²) in [5, 5.41) is 0. The highest BCUT2D eigenvalue weighted by Gasteiger charge is 2.17. The van der Waals surface area contributed by atoms with E-state index >= 15 is 0 Å². The van der Waals surface area contributed by atoms with Gasteiger partial charge >= 0.3 is 0 Å². The van der Waals surface area contributed by atoms with Crippen LogP contribution in [0.25, 0.3) is 0 Å². The van der Waals surface area contributed by atoms with E-state index in [1.165, 1.54) is 0 Å². The van der Waals surface area contributed by atoms with Crippen LogP contribution >= 0.6 is 0 Å². The summed E-state index contributed by atoms with van der Waals surface area (Å²) in [6.07, 6.45) is 3.77. The molecule has 1 aromatic heterocycles. The van der Waals surface area contributed by atoms with Crippen LogP contribution in [0.5, 0.6) is 0 Å². The first kappa shape index (κ1) is 13.0. The first-order valence-corrected chi connectivity index (χ1v) is 5.77. The maximum atomic E-state index is 11.9. The molecule has 0 aliphatic heterocycles. The number of hydrogen-bond acceptors (Lipinski definition) is 2. The molecule has 3 heteroatoms. The van der Waals surface area contributed by atoms with E-state index in [0.29, 0.717) is 18.5 Å². The molecule has 0 aromatic carbocycles. The first-order chi connectivity index (χ1) is 7.41. The van der Waals surface area contributed by atoms with Gasteiger partial charge in [0.15, 0.2) is 5.78 Å². The summed E-state index contributed by atoms with van der Waals surface area (Å²) in [5.41, 5.74) is 0.797. The van der Waals surface area contributed by atoms with Gasteiger partial charge in [-0.3, -0.25) is 9.69 Å². The van der Waals surface area contributed by atoms with Crippen molar-refractivity contribution >= 4 is 5.78 Å². The van der Waals surface area contributed by atoms with E-state index in [4.69, 9.17) is 0 Å². The third-order valence-electron chi connectivity index (χ3n) is 3.21. The molecule has 0 radical (unpaired) electrons. The Labute approximate surface area is 98.1 Å². The minimum absolute atomic E-state index is 0.190. The van der Waals surface area contributed by atoms with Gasteiger partial charge in [-0.05, 0) is 26.0 Å². The second-order valence-corrected chi connectivity index (χ2v) is 4.89. The molecular weight excluding hydrogens is 200 g/mol. The van der Waals surface area contributed by atoms with Gasteiger partial charge in [-0.1, -0.05) is 13.8 Å². The van der Waals surface area contributed by atoms with Crippen molar-refractivity contribution in [1.29, 1.82) is 0 Å². The van der Waals surface area contributed by atoms with Gasteiger partial charge in [0.05, 0.1) is 6.54 Å². The molecule has 1 unspecified atom stereocenters. The number of aryl methyl sites for hydroxylation is 1. The van der Waals surface area contributed by atoms with Crippen molar-refractivity contribution < 1.29 is 4.79 Å². The van der Waals surface area contributed by atoms with Crippen molar-refractivity contribution in [1.82, 2.24) is 9.47 Å². The molecule has 1 heterocycles. The molecule has 0 bridgehead atoms. The number of rotatable bonds is 5. The smallest absolute Gasteiger partial charge is 0.178 e. The van der Waals surface area contributed by atoms with Crippen LogP contribution < -0.4 is 0 Å². The molecule has 0 N–H and O–H groups in total. The Bertz CT molecular complexity index is 355. The zero-order chi connectivity index (χ0) is 12.3. The van der Waals surface area contributed by atoms with E-state index in [2.05, 4.69) is 25.7 Å². The lowest BCUT2D eigenvalue weighted by molar-refractivity contribution is 0.0907. The van der Waals surface area contributed by atoms with Gasteiger partial charge < -0.3 is 4.57 Å². The SMILES string of the molecule is CC(C)C(C)N(C)CC(=O)c1ccn(C)c1. The van der Waals surface area contributed by atoms with E-state index in [1.54, 1.807) is 0 Å². The fourth-order valence-corrected chi connectivity index (χ4v) is 1.64. The van der Waals surface area contributed by atoms with Crippen LogP contribution in [0.4, 0.5) is 0 Å². The minimum Gasteiger partial charge on any atom is -0.357 e. The molecule has 90 valence electrons. The molecule has 0 saturated heterocycles. The van der Waals surface area contributed by atoms with Crippen molar-refractivity contribution in [2.45, 2.75) is 26.8 Å². The molecule has 0 aliphatic carbocycles. The predicted molar refractivity (Wildman–Crippen MR) is 66.7 cm³/mol. The Morgan fingerprint density at radius 1 is 1.44 bits per heavy atom. The second kappa shape index (κ2) is 5.30. The first-order valence-electron chi connectivity index (χ1n) is 5.77. The summed E-state index contributed by atoms with van der Waals surface area (Å²) >= 11 is 0. The Hall–Kier alpha value is -1.09. The van der Waals surface area contributed by atoms with Gasteiger partial charge in [0, 0.05) is 31.0 Å². The largest absolute Gasteiger partial charge is 0.357 e. The van der Waals surface area contributed by atoms with Crippen molar-refractivity contribution in [2.24, 2.45) is 13.0 Å². The van der Waals surface area contributed by atoms with Crippen molar-refractivity contribution in [3.05, 3.63) is 24.0 Å². The molecule has 1 rings (SSSR count). The predicted octanol–water partition coefficient (Wildman–Crippen LogP) is 2.18. The van der Waals surface area contributed by atoms with E-state index in [1.807, 2.05) is 37.1 Å². The average molecular weight is 222 g/mol. The standard InChI is InChI=1S/C13H22N2O/c1-10(2)11(3)15(5)9-13(16)12-6-7-14(4)8-12/h6-8,10-11H,9H2,1-5H3. The number of nitrogens with zero attached hydrogens (tertiary/aromatic N) is 2. The lowest BCUT2D eigenvalue weighted by Gasteiger charge is -2.26. The van der Waals surface area contributed by atoms with Crippen LogP contribution in [0.2, 0.25) is 0 Å². The third kappa shape index (κ3) is 3.20. The van der Waals surface area contributed by atoms with Crippen molar-refractivity contribution in [3.63, 3.8) is 0 Å². The van der Waals surface area contributed by atoms with Crippen LogP contribution in [-0.2, 0) is 7.05 Å². The quantitative estimate of drug-likeness (QED) is 0.713. The van der Waals surface area contributed by atoms with Crippen LogP contribution in [-0.4, -0.2) is 34.9 Å². The van der Waals surface area contributed by atoms with Gasteiger partial charge in [0.1, 0.15) is 0 Å². The fraction of sp³-hybridized carbons (Fsp3) is 0.615. The molecule has 0 spiro atoms. The molecular formula is C13H22N2O. The summed E-state index contributed by atoms with van der Waals surface area (Å²) < 4.78 is 1.90. The van der Waals surface area contributed by atoms with Crippen LogP contribution in [0, 0.1) is 5.92 Å². The number of ketones is 1. The number of aromatic nitrogens is 1. The van der Waals surface area contributed by atoms with Crippen LogP contribution in [0.15, 0.2) is 18.5 Å². The summed E-state index contributed by atoms with van der Waals surface area (Å²) in [7, 11) is 3.93. The van der Waals surface area contributed by atoms with Crippen LogP contribution in [0.3, 0.4) is 0 Å². The molecule has 16 heavy (non-hydrogen) atoms. The monoisotopic (exact) mass is 222 g/mol.